The molecule has 208 valence electrons. The molecule has 1 nitrogen and oxygen atoms in total. The lowest BCUT2D eigenvalue weighted by molar-refractivity contribution is 1.29. The van der Waals surface area contributed by atoms with Gasteiger partial charge in [0.1, 0.15) is 0 Å². The molecule has 1 heterocycles. The highest BCUT2D eigenvalue weighted by Crippen LogP contribution is 2.46. The molecular weight excluding hydrogens is 530 g/mol. The van der Waals surface area contributed by atoms with Crippen molar-refractivity contribution in [2.75, 3.05) is 0 Å². The van der Waals surface area contributed by atoms with E-state index in [0.29, 0.717) is 0 Å². The van der Waals surface area contributed by atoms with Gasteiger partial charge in [-0.15, -0.1) is 0 Å². The average molecular weight is 562 g/mol. The number of hydrogen-bond donors (Lipinski definition) is 0. The molecule has 0 radical (unpaired) electrons. The summed E-state index contributed by atoms with van der Waals surface area (Å²) in [6.07, 6.45) is 3.81. The fourth-order valence-corrected chi connectivity index (χ4v) is 6.83. The summed E-state index contributed by atoms with van der Waals surface area (Å²) < 4.78 is 0. The Hall–Kier alpha value is -5.53. The molecule has 44 heavy (non-hydrogen) atoms. The third-order valence-electron chi connectivity index (χ3n) is 9.01. The number of pyridine rings is 1. The first-order valence-corrected chi connectivity index (χ1v) is 15.2. The number of hydrogen-bond acceptors (Lipinski definition) is 1. The van der Waals surface area contributed by atoms with Crippen LogP contribution in [0.3, 0.4) is 0 Å². The van der Waals surface area contributed by atoms with Crippen LogP contribution < -0.4 is 0 Å². The molecule has 0 aliphatic carbocycles. The second kappa shape index (κ2) is 10.6. The summed E-state index contributed by atoms with van der Waals surface area (Å²) in [7, 11) is 0. The lowest BCUT2D eigenvalue weighted by Crippen LogP contribution is -1.92. The van der Waals surface area contributed by atoms with Gasteiger partial charge in [-0.05, 0) is 96.7 Å². The summed E-state index contributed by atoms with van der Waals surface area (Å²) in [6.45, 7) is 4.28. The Bertz CT molecular complexity index is 2270. The van der Waals surface area contributed by atoms with Gasteiger partial charge in [-0.3, -0.25) is 4.98 Å². The van der Waals surface area contributed by atoms with Crippen molar-refractivity contribution >= 4 is 32.3 Å². The van der Waals surface area contributed by atoms with Crippen LogP contribution in [0.2, 0.25) is 0 Å². The molecule has 7 aromatic carbocycles. The van der Waals surface area contributed by atoms with E-state index < -0.39 is 0 Å². The first kappa shape index (κ1) is 26.1. The minimum absolute atomic E-state index is 1.17. The van der Waals surface area contributed by atoms with Gasteiger partial charge in [-0.25, -0.2) is 0 Å². The maximum absolute atomic E-state index is 4.37. The molecule has 0 saturated carbocycles. The zero-order chi connectivity index (χ0) is 29.6. The summed E-state index contributed by atoms with van der Waals surface area (Å²) in [5.41, 5.74) is 12.4. The van der Waals surface area contributed by atoms with Gasteiger partial charge in [0.25, 0.3) is 0 Å². The fourth-order valence-electron chi connectivity index (χ4n) is 6.83. The van der Waals surface area contributed by atoms with Crippen LogP contribution in [0.1, 0.15) is 11.1 Å². The highest BCUT2D eigenvalue weighted by Gasteiger charge is 2.18. The Kier molecular flexibility index (Phi) is 6.31. The first-order chi connectivity index (χ1) is 21.7. The average Bonchev–Trinajstić information content (AvgIpc) is 3.07. The maximum Gasteiger partial charge on any atom is 0.0349 e. The lowest BCUT2D eigenvalue weighted by Gasteiger charge is -2.19. The van der Waals surface area contributed by atoms with Crippen LogP contribution in [0.15, 0.2) is 152 Å². The highest BCUT2D eigenvalue weighted by atomic mass is 14.6. The molecule has 1 aromatic heterocycles. The molecule has 0 spiro atoms. The van der Waals surface area contributed by atoms with Crippen LogP contribution in [-0.4, -0.2) is 4.98 Å². The van der Waals surface area contributed by atoms with E-state index >= 15 is 0 Å². The molecule has 8 aromatic rings. The smallest absolute Gasteiger partial charge is 0.0349 e. The van der Waals surface area contributed by atoms with Gasteiger partial charge in [0.05, 0.1) is 0 Å². The Morgan fingerprint density at radius 1 is 0.364 bits per heavy atom. The van der Waals surface area contributed by atoms with Crippen LogP contribution in [0.5, 0.6) is 0 Å². The largest absolute Gasteiger partial charge is 0.264 e. The molecule has 0 N–H and O–H groups in total. The van der Waals surface area contributed by atoms with Crippen LogP contribution >= 0.6 is 0 Å². The molecule has 0 fully saturated rings. The normalized spacial score (nSPS) is 11.4. The molecule has 0 aliphatic heterocycles. The van der Waals surface area contributed by atoms with E-state index in [1.807, 2.05) is 12.4 Å². The van der Waals surface area contributed by atoms with Gasteiger partial charge in [0.2, 0.25) is 0 Å². The van der Waals surface area contributed by atoms with Crippen LogP contribution in [0.4, 0.5) is 0 Å². The monoisotopic (exact) mass is 561 g/mol. The van der Waals surface area contributed by atoms with E-state index in [1.54, 1.807) is 0 Å². The third kappa shape index (κ3) is 4.29. The SMILES string of the molecule is Cc1ccc(-c2cccc3c(-c4c5ccccc5c(-c5ccc(-c6cnccc6C)cc5)c5ccccc45)cccc23)cc1. The van der Waals surface area contributed by atoms with Crippen molar-refractivity contribution in [3.8, 4) is 44.5 Å². The van der Waals surface area contributed by atoms with Crippen molar-refractivity contribution < 1.29 is 0 Å². The van der Waals surface area contributed by atoms with Crippen LogP contribution in [0.25, 0.3) is 76.8 Å². The number of aryl methyl sites for hydroxylation is 2. The predicted molar refractivity (Wildman–Crippen MR) is 188 cm³/mol. The molecule has 8 rings (SSSR count). The zero-order valence-electron chi connectivity index (χ0n) is 24.9. The number of fused-ring (bicyclic) bond motifs is 3. The summed E-state index contributed by atoms with van der Waals surface area (Å²) in [5, 5.41) is 7.59. The molecule has 0 atom stereocenters. The molecule has 0 saturated heterocycles. The second-order valence-corrected chi connectivity index (χ2v) is 11.7. The first-order valence-electron chi connectivity index (χ1n) is 15.2. The summed E-state index contributed by atoms with van der Waals surface area (Å²) in [5.74, 6) is 0. The number of benzene rings is 7. The number of aromatic nitrogens is 1. The van der Waals surface area contributed by atoms with Gasteiger partial charge in [-0.1, -0.05) is 139 Å². The Morgan fingerprint density at radius 3 is 1.45 bits per heavy atom. The number of rotatable bonds is 4. The van der Waals surface area contributed by atoms with Crippen LogP contribution in [0, 0.1) is 13.8 Å². The van der Waals surface area contributed by atoms with Crippen molar-refractivity contribution in [2.24, 2.45) is 0 Å². The van der Waals surface area contributed by atoms with Crippen molar-refractivity contribution in [3.63, 3.8) is 0 Å². The molecule has 1 heteroatoms. The van der Waals surface area contributed by atoms with Gasteiger partial charge in [0, 0.05) is 18.0 Å². The van der Waals surface area contributed by atoms with E-state index in [2.05, 4.69) is 158 Å². The van der Waals surface area contributed by atoms with Crippen molar-refractivity contribution in [1.29, 1.82) is 0 Å². The third-order valence-corrected chi connectivity index (χ3v) is 9.01. The lowest BCUT2D eigenvalue weighted by atomic mass is 9.84. The van der Waals surface area contributed by atoms with E-state index in [1.165, 1.54) is 88.0 Å². The van der Waals surface area contributed by atoms with E-state index in [0.717, 1.165) is 0 Å². The molecule has 0 bridgehead atoms. The Balaban J connectivity index is 1.38. The van der Waals surface area contributed by atoms with Crippen molar-refractivity contribution in [3.05, 3.63) is 163 Å². The van der Waals surface area contributed by atoms with E-state index in [9.17, 15) is 0 Å². The van der Waals surface area contributed by atoms with Gasteiger partial charge in [-0.2, -0.15) is 0 Å². The highest BCUT2D eigenvalue weighted by molar-refractivity contribution is 6.24. The summed E-state index contributed by atoms with van der Waals surface area (Å²) >= 11 is 0. The quantitative estimate of drug-likeness (QED) is 0.195. The van der Waals surface area contributed by atoms with E-state index in [4.69, 9.17) is 0 Å². The van der Waals surface area contributed by atoms with Gasteiger partial charge >= 0.3 is 0 Å². The van der Waals surface area contributed by atoms with E-state index in [-0.39, 0.29) is 0 Å². The van der Waals surface area contributed by atoms with Crippen LogP contribution in [-0.2, 0) is 0 Å². The minimum Gasteiger partial charge on any atom is -0.264 e. The van der Waals surface area contributed by atoms with Gasteiger partial charge in [0.15, 0.2) is 0 Å². The maximum atomic E-state index is 4.37. The van der Waals surface area contributed by atoms with Crippen molar-refractivity contribution in [2.45, 2.75) is 13.8 Å². The van der Waals surface area contributed by atoms with Crippen molar-refractivity contribution in [1.82, 2.24) is 4.98 Å². The fraction of sp³-hybridized carbons (Fsp3) is 0.0465. The second-order valence-electron chi connectivity index (χ2n) is 11.7. The summed E-state index contributed by atoms with van der Waals surface area (Å²) in [4.78, 5) is 4.37. The zero-order valence-corrected chi connectivity index (χ0v) is 24.9. The van der Waals surface area contributed by atoms with Gasteiger partial charge < -0.3 is 0 Å². The number of nitrogens with zero attached hydrogens (tertiary/aromatic N) is 1. The standard InChI is InChI=1S/C43H31N/c1-28-17-19-30(20-18-28)33-13-7-15-35-34(33)14-8-16-36(35)43-39-11-5-3-9-37(39)42(38-10-4-6-12-40(38)43)32-23-21-31(22-24-32)41-27-44-26-25-29(41)2/h3-27H,1-2H3. The molecular formula is C43H31N. The summed E-state index contributed by atoms with van der Waals surface area (Å²) in [6, 6.07) is 51.2. The molecule has 0 amide bonds. The minimum atomic E-state index is 1.17. The Labute approximate surface area is 258 Å². The molecule has 0 aliphatic rings. The predicted octanol–water partition coefficient (Wildman–Crippen LogP) is 11.8. The molecule has 0 unspecified atom stereocenters. The topological polar surface area (TPSA) is 12.9 Å². The Morgan fingerprint density at radius 2 is 0.841 bits per heavy atom.